The summed E-state index contributed by atoms with van der Waals surface area (Å²) in [4.78, 5) is 2.27. The zero-order chi connectivity index (χ0) is 12.3. The predicted octanol–water partition coefficient (Wildman–Crippen LogP) is 4.53. The molecule has 0 N–H and O–H groups in total. The van der Waals surface area contributed by atoms with E-state index < -0.39 is 0 Å². The normalized spacial score (nSPS) is 16.8. The minimum Gasteiger partial charge on any atom is -0.348 e. The van der Waals surface area contributed by atoms with Crippen molar-refractivity contribution in [2.45, 2.75) is 39.0 Å². The summed E-state index contributed by atoms with van der Waals surface area (Å²) in [6.07, 6.45) is 6.76. The molecule has 0 spiro atoms. The van der Waals surface area contributed by atoms with Crippen LogP contribution in [0.2, 0.25) is 0 Å². The lowest BCUT2D eigenvalue weighted by Crippen LogP contribution is -2.23. The lowest BCUT2D eigenvalue weighted by atomic mass is 9.87. The van der Waals surface area contributed by atoms with Gasteiger partial charge in [-0.05, 0) is 43.4 Å². The molecule has 0 aromatic heterocycles. The first-order valence-corrected chi connectivity index (χ1v) is 6.67. The summed E-state index contributed by atoms with van der Waals surface area (Å²) in [5.41, 5.74) is 3.86. The fraction of sp³-hybridized carbons (Fsp3) is 0.500. The molecule has 1 nitrogen and oxygen atoms in total. The van der Waals surface area contributed by atoms with E-state index in [1.165, 1.54) is 49.1 Å². The Labute approximate surface area is 105 Å². The van der Waals surface area contributed by atoms with Crippen molar-refractivity contribution in [2.75, 3.05) is 11.9 Å². The van der Waals surface area contributed by atoms with Gasteiger partial charge in [-0.25, -0.2) is 0 Å². The molecule has 1 aliphatic rings. The first kappa shape index (κ1) is 12.2. The summed E-state index contributed by atoms with van der Waals surface area (Å²) < 4.78 is 0. The third-order valence-corrected chi connectivity index (χ3v) is 3.90. The van der Waals surface area contributed by atoms with Gasteiger partial charge in [0, 0.05) is 18.4 Å². The minimum atomic E-state index is 0.689. The van der Waals surface area contributed by atoms with Crippen LogP contribution in [0.25, 0.3) is 0 Å². The van der Waals surface area contributed by atoms with Crippen LogP contribution in [-0.4, -0.2) is 7.05 Å². The van der Waals surface area contributed by atoms with Gasteiger partial charge in [0.05, 0.1) is 0 Å². The molecular formula is C16H23N. The molecule has 0 amide bonds. The number of benzene rings is 1. The Morgan fingerprint density at radius 3 is 2.59 bits per heavy atom. The largest absolute Gasteiger partial charge is 0.348 e. The molecule has 1 saturated carbocycles. The van der Waals surface area contributed by atoms with Crippen LogP contribution >= 0.6 is 0 Å². The van der Waals surface area contributed by atoms with Gasteiger partial charge in [-0.3, -0.25) is 0 Å². The molecule has 0 bridgehead atoms. The Morgan fingerprint density at radius 1 is 1.24 bits per heavy atom. The van der Waals surface area contributed by atoms with E-state index in [1.54, 1.807) is 0 Å². The van der Waals surface area contributed by atoms with Crippen LogP contribution in [0.4, 0.5) is 5.69 Å². The van der Waals surface area contributed by atoms with Crippen LogP contribution in [0.15, 0.2) is 36.5 Å². The minimum absolute atomic E-state index is 0.689. The zero-order valence-electron chi connectivity index (χ0n) is 11.1. The zero-order valence-corrected chi connectivity index (χ0v) is 11.1. The topological polar surface area (TPSA) is 3.24 Å². The van der Waals surface area contributed by atoms with E-state index in [4.69, 9.17) is 0 Å². The smallest absolute Gasteiger partial charge is 0.0408 e. The number of allylic oxidation sites excluding steroid dienone is 1. The standard InChI is InChI=1S/C16H23N/c1-13-8-7-11-16(12-13)17(3)14(2)15-9-5-4-6-10-15/h7-8,11-12,15H,2,4-6,9-10H2,1,3H3. The molecule has 0 atom stereocenters. The average molecular weight is 229 g/mol. The maximum absolute atomic E-state index is 4.31. The quantitative estimate of drug-likeness (QED) is 0.736. The molecule has 1 aromatic carbocycles. The molecule has 0 saturated heterocycles. The number of hydrogen-bond donors (Lipinski definition) is 0. The van der Waals surface area contributed by atoms with E-state index >= 15 is 0 Å². The van der Waals surface area contributed by atoms with E-state index in [2.05, 4.69) is 49.7 Å². The summed E-state index contributed by atoms with van der Waals surface area (Å²) >= 11 is 0. The molecule has 1 heteroatoms. The Hall–Kier alpha value is -1.24. The lowest BCUT2D eigenvalue weighted by Gasteiger charge is -2.31. The third kappa shape index (κ3) is 2.91. The third-order valence-electron chi connectivity index (χ3n) is 3.90. The van der Waals surface area contributed by atoms with Crippen molar-refractivity contribution in [2.24, 2.45) is 5.92 Å². The number of rotatable bonds is 3. The molecule has 1 fully saturated rings. The van der Waals surface area contributed by atoms with E-state index in [9.17, 15) is 0 Å². The van der Waals surface area contributed by atoms with Gasteiger partial charge in [-0.15, -0.1) is 0 Å². The van der Waals surface area contributed by atoms with E-state index in [1.807, 2.05) is 0 Å². The van der Waals surface area contributed by atoms with Gasteiger partial charge in [-0.1, -0.05) is 38.0 Å². The van der Waals surface area contributed by atoms with Gasteiger partial charge in [0.1, 0.15) is 0 Å². The highest BCUT2D eigenvalue weighted by Crippen LogP contribution is 2.32. The summed E-state index contributed by atoms with van der Waals surface area (Å²) in [5, 5.41) is 0. The monoisotopic (exact) mass is 229 g/mol. The van der Waals surface area contributed by atoms with Crippen molar-refractivity contribution in [1.82, 2.24) is 0 Å². The lowest BCUT2D eigenvalue weighted by molar-refractivity contribution is 0.398. The van der Waals surface area contributed by atoms with Crippen molar-refractivity contribution >= 4 is 5.69 Å². The second kappa shape index (κ2) is 5.39. The fourth-order valence-corrected chi connectivity index (χ4v) is 2.71. The van der Waals surface area contributed by atoms with Crippen LogP contribution < -0.4 is 4.90 Å². The van der Waals surface area contributed by atoms with Gasteiger partial charge in [0.15, 0.2) is 0 Å². The van der Waals surface area contributed by atoms with Crippen molar-refractivity contribution in [1.29, 1.82) is 0 Å². The molecule has 0 unspecified atom stereocenters. The summed E-state index contributed by atoms with van der Waals surface area (Å²) in [5.74, 6) is 0.689. The number of anilines is 1. The van der Waals surface area contributed by atoms with Gasteiger partial charge in [-0.2, -0.15) is 0 Å². The molecule has 1 aliphatic carbocycles. The number of aryl methyl sites for hydroxylation is 1. The molecule has 0 heterocycles. The van der Waals surface area contributed by atoms with Crippen LogP contribution in [0.3, 0.4) is 0 Å². The summed E-state index contributed by atoms with van der Waals surface area (Å²) in [7, 11) is 2.14. The Bertz CT molecular complexity index is 388. The van der Waals surface area contributed by atoms with Crippen molar-refractivity contribution in [3.8, 4) is 0 Å². The van der Waals surface area contributed by atoms with Gasteiger partial charge in [0.2, 0.25) is 0 Å². The fourth-order valence-electron chi connectivity index (χ4n) is 2.71. The van der Waals surface area contributed by atoms with Gasteiger partial charge in [0.25, 0.3) is 0 Å². The van der Waals surface area contributed by atoms with Crippen molar-refractivity contribution in [3.05, 3.63) is 42.1 Å². The summed E-state index contributed by atoms with van der Waals surface area (Å²) in [6.45, 7) is 6.45. The van der Waals surface area contributed by atoms with Gasteiger partial charge >= 0.3 is 0 Å². The Kier molecular flexibility index (Phi) is 3.88. The predicted molar refractivity (Wildman–Crippen MR) is 75.3 cm³/mol. The first-order valence-electron chi connectivity index (χ1n) is 6.67. The van der Waals surface area contributed by atoms with Crippen molar-refractivity contribution < 1.29 is 0 Å². The summed E-state index contributed by atoms with van der Waals surface area (Å²) in [6, 6.07) is 8.66. The van der Waals surface area contributed by atoms with Crippen LogP contribution in [0.1, 0.15) is 37.7 Å². The maximum atomic E-state index is 4.31. The first-order chi connectivity index (χ1) is 8.18. The highest BCUT2D eigenvalue weighted by molar-refractivity contribution is 5.52. The number of hydrogen-bond acceptors (Lipinski definition) is 1. The average Bonchev–Trinajstić information content (AvgIpc) is 2.38. The Morgan fingerprint density at radius 2 is 1.94 bits per heavy atom. The molecule has 17 heavy (non-hydrogen) atoms. The highest BCUT2D eigenvalue weighted by atomic mass is 15.1. The molecule has 1 aromatic rings. The maximum Gasteiger partial charge on any atom is 0.0408 e. The molecule has 0 radical (unpaired) electrons. The van der Waals surface area contributed by atoms with Crippen LogP contribution in [0, 0.1) is 12.8 Å². The highest BCUT2D eigenvalue weighted by Gasteiger charge is 2.19. The van der Waals surface area contributed by atoms with Crippen molar-refractivity contribution in [3.63, 3.8) is 0 Å². The molecule has 92 valence electrons. The Balaban J connectivity index is 2.08. The van der Waals surface area contributed by atoms with Crippen LogP contribution in [-0.2, 0) is 0 Å². The SMILES string of the molecule is C=C(C1CCCCC1)N(C)c1cccc(C)c1. The second-order valence-electron chi connectivity index (χ2n) is 5.22. The molecule has 0 aliphatic heterocycles. The van der Waals surface area contributed by atoms with E-state index in [0.717, 1.165) is 0 Å². The van der Waals surface area contributed by atoms with E-state index in [-0.39, 0.29) is 0 Å². The second-order valence-corrected chi connectivity index (χ2v) is 5.22. The molecular weight excluding hydrogens is 206 g/mol. The van der Waals surface area contributed by atoms with E-state index in [0.29, 0.717) is 5.92 Å². The van der Waals surface area contributed by atoms with Gasteiger partial charge < -0.3 is 4.90 Å². The number of nitrogens with zero attached hydrogens (tertiary/aromatic N) is 1. The van der Waals surface area contributed by atoms with Crippen LogP contribution in [0.5, 0.6) is 0 Å². The molecule has 2 rings (SSSR count).